The van der Waals surface area contributed by atoms with Crippen molar-refractivity contribution in [1.29, 1.82) is 0 Å². The smallest absolute Gasteiger partial charge is 0.341 e. The van der Waals surface area contributed by atoms with Crippen molar-refractivity contribution in [2.75, 3.05) is 18.5 Å². The van der Waals surface area contributed by atoms with Crippen LogP contribution in [-0.4, -0.2) is 52.3 Å². The molecule has 0 saturated carbocycles. The number of carboxylic acid groups (broad SMARTS) is 2. The van der Waals surface area contributed by atoms with Crippen LogP contribution in [0.4, 0.5) is 16.5 Å². The molecule has 0 radical (unpaired) electrons. The van der Waals surface area contributed by atoms with Crippen LogP contribution in [0.1, 0.15) is 19.8 Å². The van der Waals surface area contributed by atoms with Crippen molar-refractivity contribution in [3.8, 4) is 11.5 Å². The summed E-state index contributed by atoms with van der Waals surface area (Å²) >= 11 is 1.31. The maximum Gasteiger partial charge on any atom is 0.341 e. The summed E-state index contributed by atoms with van der Waals surface area (Å²) < 4.78 is 11.7. The van der Waals surface area contributed by atoms with Crippen LogP contribution in [0.5, 0.6) is 11.5 Å². The second-order valence-electron chi connectivity index (χ2n) is 7.16. The first-order chi connectivity index (χ1) is 16.7. The molecule has 2 aromatic carbocycles. The molecular formula is C22H23N5O7S. The van der Waals surface area contributed by atoms with Crippen LogP contribution in [0.2, 0.25) is 0 Å². The number of hydrogen-bond acceptors (Lipinski definition) is 10. The van der Waals surface area contributed by atoms with Crippen LogP contribution in [0.3, 0.4) is 0 Å². The van der Waals surface area contributed by atoms with Gasteiger partial charge in [0.05, 0.1) is 16.8 Å². The largest absolute Gasteiger partial charge is 0.494 e. The summed E-state index contributed by atoms with van der Waals surface area (Å²) in [6.07, 6.45) is -0.146. The Labute approximate surface area is 203 Å². The van der Waals surface area contributed by atoms with E-state index in [-0.39, 0.29) is 24.3 Å². The van der Waals surface area contributed by atoms with Crippen LogP contribution >= 0.6 is 11.3 Å². The van der Waals surface area contributed by atoms with E-state index in [1.165, 1.54) is 29.5 Å². The highest BCUT2D eigenvalue weighted by atomic mass is 32.1. The molecule has 0 bridgehead atoms. The van der Waals surface area contributed by atoms with E-state index < -0.39 is 30.5 Å². The molecule has 0 aliphatic rings. The Morgan fingerprint density at radius 3 is 2.66 bits per heavy atom. The van der Waals surface area contributed by atoms with Gasteiger partial charge in [0.15, 0.2) is 6.61 Å². The molecule has 35 heavy (non-hydrogen) atoms. The lowest BCUT2D eigenvalue weighted by Crippen LogP contribution is -2.31. The van der Waals surface area contributed by atoms with E-state index in [1.54, 1.807) is 0 Å². The third-order valence-electron chi connectivity index (χ3n) is 4.50. The molecule has 0 saturated heterocycles. The zero-order valence-electron chi connectivity index (χ0n) is 18.6. The molecule has 3 rings (SSSR count). The number of nitrogens with zero attached hydrogens (tertiary/aromatic N) is 3. The number of fused-ring (bicyclic) bond motifs is 1. The van der Waals surface area contributed by atoms with Crippen molar-refractivity contribution < 1.29 is 34.1 Å². The standard InChI is InChI=1S/C22H23N5O7S/c1-2-33-13-4-7-16-18(10-13)35-22(25-16)27-26-15-6-3-12(9-17(15)34-11-20(29)30)24-19(28)8-5-14(23)21(31)32/h3-4,6-7,9-10,14H,2,5,8,11,23H2,1H3,(H,24,28)(H,29,30)(H,31,32). The van der Waals surface area contributed by atoms with Crippen LogP contribution in [-0.2, 0) is 14.4 Å². The molecule has 0 spiro atoms. The molecule has 0 aliphatic heterocycles. The SMILES string of the molecule is CCOc1ccc2nc(N=Nc3ccc(NC(=O)CCC(N)C(=O)O)cc3OCC(=O)O)sc2c1. The molecule has 1 amide bonds. The fourth-order valence-corrected chi connectivity index (χ4v) is 3.67. The Morgan fingerprint density at radius 1 is 1.14 bits per heavy atom. The van der Waals surface area contributed by atoms with Crippen molar-refractivity contribution in [2.24, 2.45) is 16.0 Å². The monoisotopic (exact) mass is 501 g/mol. The van der Waals surface area contributed by atoms with Crippen molar-refractivity contribution >= 4 is 55.9 Å². The number of nitrogens with one attached hydrogen (secondary N) is 1. The average Bonchev–Trinajstić information content (AvgIpc) is 3.22. The number of carboxylic acids is 2. The quantitative estimate of drug-likeness (QED) is 0.268. The van der Waals surface area contributed by atoms with Crippen LogP contribution in [0.15, 0.2) is 46.6 Å². The van der Waals surface area contributed by atoms with Gasteiger partial charge in [-0.3, -0.25) is 9.59 Å². The number of carbonyl (C=O) groups is 3. The van der Waals surface area contributed by atoms with Crippen molar-refractivity contribution in [2.45, 2.75) is 25.8 Å². The topological polar surface area (TPSA) is 186 Å². The Hall–Kier alpha value is -4.10. The van der Waals surface area contributed by atoms with Gasteiger partial charge in [0.25, 0.3) is 0 Å². The third kappa shape index (κ3) is 7.45. The summed E-state index contributed by atoms with van der Waals surface area (Å²) in [7, 11) is 0. The van der Waals surface area contributed by atoms with Gasteiger partial charge < -0.3 is 30.7 Å². The maximum absolute atomic E-state index is 12.1. The van der Waals surface area contributed by atoms with Gasteiger partial charge in [-0.15, -0.1) is 10.2 Å². The molecule has 1 heterocycles. The maximum atomic E-state index is 12.1. The predicted molar refractivity (Wildman–Crippen MR) is 128 cm³/mol. The molecule has 13 heteroatoms. The Morgan fingerprint density at radius 2 is 1.94 bits per heavy atom. The molecule has 1 atom stereocenters. The summed E-state index contributed by atoms with van der Waals surface area (Å²) in [6.45, 7) is 1.81. The zero-order chi connectivity index (χ0) is 25.4. The molecule has 3 aromatic rings. The van der Waals surface area contributed by atoms with E-state index in [0.717, 1.165) is 16.0 Å². The van der Waals surface area contributed by atoms with Crippen molar-refractivity contribution in [3.05, 3.63) is 36.4 Å². The number of amides is 1. The molecule has 0 fully saturated rings. The summed E-state index contributed by atoms with van der Waals surface area (Å²) in [4.78, 5) is 38.3. The van der Waals surface area contributed by atoms with Crippen LogP contribution in [0.25, 0.3) is 10.2 Å². The van der Waals surface area contributed by atoms with Crippen molar-refractivity contribution in [3.63, 3.8) is 0 Å². The minimum Gasteiger partial charge on any atom is -0.494 e. The van der Waals surface area contributed by atoms with E-state index in [4.69, 9.17) is 25.4 Å². The van der Waals surface area contributed by atoms with Gasteiger partial charge in [0, 0.05) is 18.2 Å². The molecule has 184 valence electrons. The first-order valence-corrected chi connectivity index (χ1v) is 11.3. The van der Waals surface area contributed by atoms with Gasteiger partial charge in [-0.25, -0.2) is 9.78 Å². The average molecular weight is 502 g/mol. The minimum atomic E-state index is -1.19. The number of carbonyl (C=O) groups excluding carboxylic acids is 1. The summed E-state index contributed by atoms with van der Waals surface area (Å²) in [5.74, 6) is -2.04. The normalized spacial score (nSPS) is 11.9. The summed E-state index contributed by atoms with van der Waals surface area (Å²) in [5.41, 5.74) is 6.68. The molecule has 0 aliphatic carbocycles. The lowest BCUT2D eigenvalue weighted by Gasteiger charge is -2.11. The molecule has 1 aromatic heterocycles. The number of thiazole rings is 1. The fourth-order valence-electron chi connectivity index (χ4n) is 2.85. The van der Waals surface area contributed by atoms with Crippen LogP contribution in [0, 0.1) is 0 Å². The number of anilines is 1. The van der Waals surface area contributed by atoms with Crippen molar-refractivity contribution in [1.82, 2.24) is 4.98 Å². The number of benzene rings is 2. The van der Waals surface area contributed by atoms with Gasteiger partial charge in [0.2, 0.25) is 11.0 Å². The molecular weight excluding hydrogens is 478 g/mol. The highest BCUT2D eigenvalue weighted by Crippen LogP contribution is 2.35. The summed E-state index contributed by atoms with van der Waals surface area (Å²) in [5, 5.41) is 29.0. The zero-order valence-corrected chi connectivity index (χ0v) is 19.4. The molecule has 1 unspecified atom stereocenters. The van der Waals surface area contributed by atoms with E-state index >= 15 is 0 Å². The minimum absolute atomic E-state index is 0.0376. The van der Waals surface area contributed by atoms with E-state index in [0.29, 0.717) is 17.4 Å². The number of nitrogens with two attached hydrogens (primary N) is 1. The molecule has 5 N–H and O–H groups in total. The van der Waals surface area contributed by atoms with E-state index in [9.17, 15) is 14.4 Å². The number of rotatable bonds is 12. The summed E-state index contributed by atoms with van der Waals surface area (Å²) in [6, 6.07) is 8.77. The van der Waals surface area contributed by atoms with Gasteiger partial charge in [-0.2, -0.15) is 0 Å². The fraction of sp³-hybridized carbons (Fsp3) is 0.273. The Kier molecular flexibility index (Phi) is 8.64. The Balaban J connectivity index is 1.77. The first-order valence-electron chi connectivity index (χ1n) is 10.5. The lowest BCUT2D eigenvalue weighted by atomic mass is 10.1. The third-order valence-corrected chi connectivity index (χ3v) is 5.40. The van der Waals surface area contributed by atoms with E-state index in [1.807, 2.05) is 25.1 Å². The predicted octanol–water partition coefficient (Wildman–Crippen LogP) is 3.70. The number of aliphatic carboxylic acids is 2. The molecule has 12 nitrogen and oxygen atoms in total. The second-order valence-corrected chi connectivity index (χ2v) is 8.16. The first kappa shape index (κ1) is 25.5. The number of ether oxygens (including phenoxy) is 2. The highest BCUT2D eigenvalue weighted by molar-refractivity contribution is 7.21. The number of hydrogen-bond donors (Lipinski definition) is 4. The van der Waals surface area contributed by atoms with Gasteiger partial charge in [-0.05, 0) is 43.7 Å². The second kappa shape index (κ2) is 11.9. The highest BCUT2D eigenvalue weighted by Gasteiger charge is 2.15. The lowest BCUT2D eigenvalue weighted by molar-refractivity contribution is -0.140. The van der Waals surface area contributed by atoms with Gasteiger partial charge in [0.1, 0.15) is 23.2 Å². The number of azo groups is 1. The number of aromatic nitrogens is 1. The van der Waals surface area contributed by atoms with E-state index in [2.05, 4.69) is 20.5 Å². The van der Waals surface area contributed by atoms with Gasteiger partial charge in [-0.1, -0.05) is 11.3 Å². The Bertz CT molecular complexity index is 1260. The van der Waals surface area contributed by atoms with Gasteiger partial charge >= 0.3 is 11.9 Å². The van der Waals surface area contributed by atoms with Crippen LogP contribution < -0.4 is 20.5 Å².